The molecule has 2 rings (SSSR count). The van der Waals surface area contributed by atoms with E-state index >= 15 is 0 Å². The minimum atomic E-state index is -0.430. The van der Waals surface area contributed by atoms with Crippen LogP contribution in [0.25, 0.3) is 0 Å². The van der Waals surface area contributed by atoms with E-state index in [2.05, 4.69) is 5.32 Å². The monoisotopic (exact) mass is 305 g/mol. The van der Waals surface area contributed by atoms with Gasteiger partial charge in [-0.25, -0.2) is 0 Å². The van der Waals surface area contributed by atoms with E-state index in [1.165, 1.54) is 25.7 Å². The lowest BCUT2D eigenvalue weighted by Crippen LogP contribution is -2.31. The molecule has 1 fully saturated rings. The van der Waals surface area contributed by atoms with Gasteiger partial charge in [-0.05, 0) is 43.9 Å². The van der Waals surface area contributed by atoms with Gasteiger partial charge in [0.1, 0.15) is 6.10 Å². The number of anilines is 1. The first-order valence-electron chi connectivity index (χ1n) is 8.35. The molecule has 0 radical (unpaired) electrons. The maximum Gasteiger partial charge on any atom is 0.253 e. The number of aliphatic hydroxyl groups is 1. The van der Waals surface area contributed by atoms with Crippen LogP contribution >= 0.6 is 0 Å². The quantitative estimate of drug-likeness (QED) is 0.793. The molecule has 4 nitrogen and oxygen atoms in total. The zero-order chi connectivity index (χ0) is 15.8. The summed E-state index contributed by atoms with van der Waals surface area (Å²) in [5.74, 6) is -0.0980. The summed E-state index contributed by atoms with van der Waals surface area (Å²) in [5, 5.41) is 11.8. The van der Waals surface area contributed by atoms with Crippen molar-refractivity contribution >= 4 is 11.6 Å². The molecule has 0 saturated heterocycles. The molecule has 1 aromatic carbocycles. The Balaban J connectivity index is 1.82. The molecule has 0 aromatic heterocycles. The van der Waals surface area contributed by atoms with Crippen molar-refractivity contribution in [3.8, 4) is 0 Å². The van der Waals surface area contributed by atoms with Gasteiger partial charge in [-0.2, -0.15) is 0 Å². The van der Waals surface area contributed by atoms with Crippen LogP contribution in [0.1, 0.15) is 51.0 Å². The summed E-state index contributed by atoms with van der Waals surface area (Å²) in [6, 6.07) is 7.56. The first kappa shape index (κ1) is 17.0. The number of hydrogen-bond donors (Lipinski definition) is 2. The minimum absolute atomic E-state index is 0.0980. The predicted octanol–water partition coefficient (Wildman–Crippen LogP) is 3.29. The van der Waals surface area contributed by atoms with Crippen LogP contribution in [0, 0.1) is 0 Å². The highest BCUT2D eigenvalue weighted by Crippen LogP contribution is 2.21. The van der Waals surface area contributed by atoms with Crippen LogP contribution in [-0.4, -0.2) is 29.8 Å². The second kappa shape index (κ2) is 8.91. The summed E-state index contributed by atoms with van der Waals surface area (Å²) in [6.45, 7) is 1.96. The van der Waals surface area contributed by atoms with Gasteiger partial charge >= 0.3 is 0 Å². The van der Waals surface area contributed by atoms with Crippen molar-refractivity contribution in [2.24, 2.45) is 0 Å². The summed E-state index contributed by atoms with van der Waals surface area (Å²) in [5.41, 5.74) is 1.83. The normalized spacial score (nSPS) is 17.7. The number of nitrogens with one attached hydrogen (secondary N) is 1. The Labute approximate surface area is 132 Å². The maximum atomic E-state index is 12.2. The topological polar surface area (TPSA) is 58.6 Å². The number of hydrogen-bond acceptors (Lipinski definition) is 3. The molecule has 122 valence electrons. The molecule has 1 atom stereocenters. The highest BCUT2D eigenvalue weighted by atomic mass is 16.5. The average Bonchev–Trinajstić information content (AvgIpc) is 2.78. The summed E-state index contributed by atoms with van der Waals surface area (Å²) in [7, 11) is 0. The Morgan fingerprint density at radius 3 is 2.45 bits per heavy atom. The third-order valence-corrected chi connectivity index (χ3v) is 4.19. The number of rotatable bonds is 6. The molecule has 1 amide bonds. The third kappa shape index (κ3) is 5.43. The zero-order valence-corrected chi connectivity index (χ0v) is 13.4. The Hall–Kier alpha value is -1.39. The molecule has 1 unspecified atom stereocenters. The van der Waals surface area contributed by atoms with E-state index in [1.807, 2.05) is 31.2 Å². The van der Waals surface area contributed by atoms with Crippen LogP contribution in [0.2, 0.25) is 0 Å². The summed E-state index contributed by atoms with van der Waals surface area (Å²) < 4.78 is 5.92. The van der Waals surface area contributed by atoms with Crippen LogP contribution in [0.5, 0.6) is 0 Å². The van der Waals surface area contributed by atoms with Crippen molar-refractivity contribution in [3.63, 3.8) is 0 Å². The fraction of sp³-hybridized carbons (Fsp3) is 0.611. The Morgan fingerprint density at radius 2 is 1.86 bits per heavy atom. The van der Waals surface area contributed by atoms with Gasteiger partial charge < -0.3 is 15.2 Å². The second-order valence-electron chi connectivity index (χ2n) is 6.05. The molecule has 0 spiro atoms. The Bertz CT molecular complexity index is 450. The van der Waals surface area contributed by atoms with E-state index in [4.69, 9.17) is 9.84 Å². The lowest BCUT2D eigenvalue weighted by molar-refractivity contribution is -0.130. The molecule has 1 aliphatic rings. The molecule has 2 N–H and O–H groups in total. The summed E-state index contributed by atoms with van der Waals surface area (Å²) >= 11 is 0. The van der Waals surface area contributed by atoms with Crippen LogP contribution < -0.4 is 5.32 Å². The van der Waals surface area contributed by atoms with Crippen LogP contribution in [0.4, 0.5) is 5.69 Å². The standard InChI is InChI=1S/C18H27NO3/c1-14(22-17-6-4-2-3-5-7-17)18(21)19-16-10-8-15(9-11-16)12-13-20/h8-11,14,17,20H,2-7,12-13H2,1H3,(H,19,21). The van der Waals surface area contributed by atoms with Crippen LogP contribution in [-0.2, 0) is 16.0 Å². The molecule has 22 heavy (non-hydrogen) atoms. The van der Waals surface area contributed by atoms with E-state index in [9.17, 15) is 4.79 Å². The minimum Gasteiger partial charge on any atom is -0.396 e. The van der Waals surface area contributed by atoms with E-state index in [1.54, 1.807) is 0 Å². The van der Waals surface area contributed by atoms with Crippen molar-refractivity contribution in [1.82, 2.24) is 0 Å². The average molecular weight is 305 g/mol. The van der Waals surface area contributed by atoms with Crippen LogP contribution in [0.3, 0.4) is 0 Å². The van der Waals surface area contributed by atoms with Gasteiger partial charge in [-0.1, -0.05) is 37.8 Å². The lowest BCUT2D eigenvalue weighted by Gasteiger charge is -2.20. The van der Waals surface area contributed by atoms with E-state index in [0.717, 1.165) is 24.1 Å². The van der Waals surface area contributed by atoms with Gasteiger partial charge in [0.2, 0.25) is 0 Å². The molecule has 1 saturated carbocycles. The number of benzene rings is 1. The van der Waals surface area contributed by atoms with Crippen molar-refractivity contribution in [2.75, 3.05) is 11.9 Å². The zero-order valence-electron chi connectivity index (χ0n) is 13.4. The van der Waals surface area contributed by atoms with Crippen molar-refractivity contribution in [1.29, 1.82) is 0 Å². The number of carbonyl (C=O) groups excluding carboxylic acids is 1. The molecule has 4 heteroatoms. The van der Waals surface area contributed by atoms with Crippen molar-refractivity contribution < 1.29 is 14.6 Å². The first-order chi connectivity index (χ1) is 10.7. The number of amides is 1. The maximum absolute atomic E-state index is 12.2. The SMILES string of the molecule is CC(OC1CCCCCC1)C(=O)Nc1ccc(CCO)cc1. The van der Waals surface area contributed by atoms with Crippen molar-refractivity contribution in [2.45, 2.75) is 64.1 Å². The first-order valence-corrected chi connectivity index (χ1v) is 8.35. The molecular formula is C18H27NO3. The third-order valence-electron chi connectivity index (χ3n) is 4.19. The van der Waals surface area contributed by atoms with Crippen molar-refractivity contribution in [3.05, 3.63) is 29.8 Å². The van der Waals surface area contributed by atoms with Gasteiger partial charge in [0.25, 0.3) is 5.91 Å². The summed E-state index contributed by atoms with van der Waals surface area (Å²) in [4.78, 5) is 12.2. The Kier molecular flexibility index (Phi) is 6.87. The van der Waals surface area contributed by atoms with Gasteiger partial charge in [0.15, 0.2) is 0 Å². The predicted molar refractivity (Wildman–Crippen MR) is 87.9 cm³/mol. The number of ether oxygens (including phenoxy) is 1. The van der Waals surface area contributed by atoms with E-state index < -0.39 is 6.10 Å². The largest absolute Gasteiger partial charge is 0.396 e. The molecule has 1 aromatic rings. The molecule has 0 aliphatic heterocycles. The molecular weight excluding hydrogens is 278 g/mol. The van der Waals surface area contributed by atoms with Crippen LogP contribution in [0.15, 0.2) is 24.3 Å². The number of aliphatic hydroxyl groups excluding tert-OH is 1. The summed E-state index contributed by atoms with van der Waals surface area (Å²) in [6.07, 6.45) is 7.50. The fourth-order valence-electron chi connectivity index (χ4n) is 2.86. The van der Waals surface area contributed by atoms with Gasteiger partial charge in [0.05, 0.1) is 6.10 Å². The highest BCUT2D eigenvalue weighted by Gasteiger charge is 2.20. The molecule has 1 aliphatic carbocycles. The van der Waals surface area contributed by atoms with Gasteiger partial charge in [-0.15, -0.1) is 0 Å². The fourth-order valence-corrected chi connectivity index (χ4v) is 2.86. The number of carbonyl (C=O) groups is 1. The highest BCUT2D eigenvalue weighted by molar-refractivity contribution is 5.93. The van der Waals surface area contributed by atoms with Gasteiger partial charge in [0, 0.05) is 12.3 Å². The Morgan fingerprint density at radius 1 is 1.23 bits per heavy atom. The smallest absolute Gasteiger partial charge is 0.253 e. The lowest BCUT2D eigenvalue weighted by atomic mass is 10.1. The molecule has 0 heterocycles. The van der Waals surface area contributed by atoms with E-state index in [-0.39, 0.29) is 18.6 Å². The van der Waals surface area contributed by atoms with E-state index in [0.29, 0.717) is 6.42 Å². The molecule has 0 bridgehead atoms. The second-order valence-corrected chi connectivity index (χ2v) is 6.05. The van der Waals surface area contributed by atoms with Gasteiger partial charge in [-0.3, -0.25) is 4.79 Å².